The Hall–Kier alpha value is -2.34. The summed E-state index contributed by atoms with van der Waals surface area (Å²) in [4.78, 5) is 0. The van der Waals surface area contributed by atoms with Crippen LogP contribution >= 0.6 is 0 Å². The van der Waals surface area contributed by atoms with E-state index in [0.717, 1.165) is 25.7 Å². The molecular formula is C28H32. The lowest BCUT2D eigenvalue weighted by Crippen LogP contribution is -2.09. The molecule has 3 aromatic carbocycles. The van der Waals surface area contributed by atoms with Crippen molar-refractivity contribution in [2.75, 3.05) is 0 Å². The molecule has 1 atom stereocenters. The van der Waals surface area contributed by atoms with E-state index in [9.17, 15) is 0 Å². The molecule has 0 heteroatoms. The standard InChI is InChI=1S/C28H32/c1-4-9-21-13-15-28-24(17-21)19-25(18-23-10-7-8-11-27(23)28)26-14-12-20(5-2)16-22(26)6-3/h7-8,10-17,25H,4-6,9,18-19H2,1-3H3. The van der Waals surface area contributed by atoms with Crippen molar-refractivity contribution in [2.24, 2.45) is 0 Å². The Labute approximate surface area is 170 Å². The molecule has 144 valence electrons. The van der Waals surface area contributed by atoms with Crippen LogP contribution in [0, 0.1) is 0 Å². The van der Waals surface area contributed by atoms with E-state index < -0.39 is 0 Å². The fraction of sp³-hybridized carbons (Fsp3) is 0.357. The largest absolute Gasteiger partial charge is 0.0651 e. The van der Waals surface area contributed by atoms with Crippen molar-refractivity contribution in [3.63, 3.8) is 0 Å². The zero-order valence-corrected chi connectivity index (χ0v) is 17.6. The molecule has 0 amide bonds. The van der Waals surface area contributed by atoms with E-state index in [2.05, 4.69) is 81.4 Å². The molecule has 4 rings (SSSR count). The van der Waals surface area contributed by atoms with Crippen molar-refractivity contribution < 1.29 is 0 Å². The summed E-state index contributed by atoms with van der Waals surface area (Å²) in [5.41, 5.74) is 11.9. The highest BCUT2D eigenvalue weighted by atomic mass is 14.3. The lowest BCUT2D eigenvalue weighted by atomic mass is 9.84. The Bertz CT molecular complexity index is 964. The zero-order chi connectivity index (χ0) is 19.5. The Kier molecular flexibility index (Phi) is 5.67. The summed E-state index contributed by atoms with van der Waals surface area (Å²) in [5, 5.41) is 0. The van der Waals surface area contributed by atoms with Gasteiger partial charge in [0.25, 0.3) is 0 Å². The van der Waals surface area contributed by atoms with Gasteiger partial charge in [-0.2, -0.15) is 0 Å². The fourth-order valence-electron chi connectivity index (χ4n) is 4.89. The highest BCUT2D eigenvalue weighted by Gasteiger charge is 2.24. The molecule has 0 bridgehead atoms. The van der Waals surface area contributed by atoms with Crippen LogP contribution in [0.3, 0.4) is 0 Å². The highest BCUT2D eigenvalue weighted by Crippen LogP contribution is 2.39. The maximum atomic E-state index is 2.49. The molecule has 0 aliphatic heterocycles. The molecule has 1 unspecified atom stereocenters. The average molecular weight is 369 g/mol. The van der Waals surface area contributed by atoms with Crippen LogP contribution in [-0.4, -0.2) is 0 Å². The molecule has 3 aromatic rings. The first-order valence-corrected chi connectivity index (χ1v) is 11.0. The van der Waals surface area contributed by atoms with Crippen LogP contribution in [0.1, 0.15) is 66.5 Å². The molecule has 0 N–H and O–H groups in total. The van der Waals surface area contributed by atoms with Gasteiger partial charge in [-0.15, -0.1) is 0 Å². The first-order valence-electron chi connectivity index (χ1n) is 11.0. The van der Waals surface area contributed by atoms with Crippen molar-refractivity contribution in [2.45, 2.75) is 65.2 Å². The number of fused-ring (bicyclic) bond motifs is 3. The summed E-state index contributed by atoms with van der Waals surface area (Å²) < 4.78 is 0. The van der Waals surface area contributed by atoms with Crippen LogP contribution in [0.2, 0.25) is 0 Å². The first kappa shape index (κ1) is 19.0. The molecular weight excluding hydrogens is 336 g/mol. The number of hydrogen-bond acceptors (Lipinski definition) is 0. The highest BCUT2D eigenvalue weighted by molar-refractivity contribution is 5.72. The van der Waals surface area contributed by atoms with Gasteiger partial charge in [0.2, 0.25) is 0 Å². The summed E-state index contributed by atoms with van der Waals surface area (Å²) in [6.07, 6.45) is 6.88. The SMILES string of the molecule is CCCc1ccc2c(c1)CC(c1ccc(CC)cc1CC)Cc1ccccc1-2. The van der Waals surface area contributed by atoms with Gasteiger partial charge in [-0.05, 0) is 82.5 Å². The number of aryl methyl sites for hydroxylation is 3. The van der Waals surface area contributed by atoms with Crippen LogP contribution in [0.15, 0.2) is 60.7 Å². The Morgan fingerprint density at radius 3 is 2.25 bits per heavy atom. The van der Waals surface area contributed by atoms with Crippen molar-refractivity contribution in [1.82, 2.24) is 0 Å². The van der Waals surface area contributed by atoms with Gasteiger partial charge in [-0.3, -0.25) is 0 Å². The summed E-state index contributed by atoms with van der Waals surface area (Å²) in [6, 6.07) is 23.5. The summed E-state index contributed by atoms with van der Waals surface area (Å²) in [7, 11) is 0. The second kappa shape index (κ2) is 8.35. The average Bonchev–Trinajstić information content (AvgIpc) is 2.89. The van der Waals surface area contributed by atoms with Gasteiger partial charge in [0, 0.05) is 0 Å². The van der Waals surface area contributed by atoms with Crippen LogP contribution in [0.25, 0.3) is 11.1 Å². The van der Waals surface area contributed by atoms with Crippen LogP contribution in [-0.2, 0) is 32.1 Å². The first-order chi connectivity index (χ1) is 13.7. The topological polar surface area (TPSA) is 0 Å². The Balaban J connectivity index is 1.83. The van der Waals surface area contributed by atoms with Gasteiger partial charge < -0.3 is 0 Å². The molecule has 0 radical (unpaired) electrons. The molecule has 0 fully saturated rings. The lowest BCUT2D eigenvalue weighted by molar-refractivity contribution is 0.679. The monoisotopic (exact) mass is 368 g/mol. The van der Waals surface area contributed by atoms with Crippen molar-refractivity contribution in [1.29, 1.82) is 0 Å². The minimum absolute atomic E-state index is 0.556. The van der Waals surface area contributed by atoms with Gasteiger partial charge in [0.15, 0.2) is 0 Å². The maximum absolute atomic E-state index is 2.49. The Morgan fingerprint density at radius 2 is 1.46 bits per heavy atom. The third-order valence-electron chi connectivity index (χ3n) is 6.38. The number of hydrogen-bond donors (Lipinski definition) is 0. The fourth-order valence-corrected chi connectivity index (χ4v) is 4.89. The smallest absolute Gasteiger partial charge is 0.00779 e. The second-order valence-corrected chi connectivity index (χ2v) is 8.24. The second-order valence-electron chi connectivity index (χ2n) is 8.24. The molecule has 0 saturated heterocycles. The quantitative estimate of drug-likeness (QED) is 0.443. The number of rotatable bonds is 5. The summed E-state index contributed by atoms with van der Waals surface area (Å²) in [6.45, 7) is 6.82. The van der Waals surface area contributed by atoms with E-state index in [0.29, 0.717) is 5.92 Å². The van der Waals surface area contributed by atoms with Crippen molar-refractivity contribution in [3.05, 3.63) is 94.0 Å². The Morgan fingerprint density at radius 1 is 0.714 bits per heavy atom. The van der Waals surface area contributed by atoms with Gasteiger partial charge >= 0.3 is 0 Å². The predicted molar refractivity (Wildman–Crippen MR) is 121 cm³/mol. The van der Waals surface area contributed by atoms with Gasteiger partial charge in [-0.1, -0.05) is 87.9 Å². The molecule has 0 saturated carbocycles. The van der Waals surface area contributed by atoms with Gasteiger partial charge in [0.1, 0.15) is 0 Å². The lowest BCUT2D eigenvalue weighted by Gasteiger charge is -2.20. The minimum Gasteiger partial charge on any atom is -0.0651 e. The van der Waals surface area contributed by atoms with Crippen LogP contribution < -0.4 is 0 Å². The van der Waals surface area contributed by atoms with Gasteiger partial charge in [0.05, 0.1) is 0 Å². The summed E-state index contributed by atoms with van der Waals surface area (Å²) >= 11 is 0. The molecule has 0 spiro atoms. The third kappa shape index (κ3) is 3.65. The van der Waals surface area contributed by atoms with E-state index >= 15 is 0 Å². The predicted octanol–water partition coefficient (Wildman–Crippen LogP) is 7.31. The van der Waals surface area contributed by atoms with Crippen molar-refractivity contribution in [3.8, 4) is 11.1 Å². The molecule has 0 aromatic heterocycles. The molecule has 1 aliphatic rings. The zero-order valence-electron chi connectivity index (χ0n) is 17.6. The van der Waals surface area contributed by atoms with E-state index in [1.807, 2.05) is 0 Å². The molecule has 1 aliphatic carbocycles. The van der Waals surface area contributed by atoms with Crippen LogP contribution in [0.4, 0.5) is 0 Å². The third-order valence-corrected chi connectivity index (χ3v) is 6.38. The minimum atomic E-state index is 0.556. The summed E-state index contributed by atoms with van der Waals surface area (Å²) in [5.74, 6) is 0.556. The van der Waals surface area contributed by atoms with E-state index in [4.69, 9.17) is 0 Å². The number of benzene rings is 3. The maximum Gasteiger partial charge on any atom is -0.00779 e. The van der Waals surface area contributed by atoms with Gasteiger partial charge in [-0.25, -0.2) is 0 Å². The van der Waals surface area contributed by atoms with E-state index in [-0.39, 0.29) is 0 Å². The normalized spacial score (nSPS) is 15.6. The van der Waals surface area contributed by atoms with Crippen LogP contribution in [0.5, 0.6) is 0 Å². The molecule has 0 heterocycles. The van der Waals surface area contributed by atoms with E-state index in [1.165, 1.54) is 51.8 Å². The molecule has 0 nitrogen and oxygen atoms in total. The van der Waals surface area contributed by atoms with E-state index in [1.54, 1.807) is 5.56 Å². The molecule has 28 heavy (non-hydrogen) atoms. The van der Waals surface area contributed by atoms with Crippen molar-refractivity contribution >= 4 is 0 Å².